The minimum absolute atomic E-state index is 0.601. The summed E-state index contributed by atoms with van der Waals surface area (Å²) in [6.07, 6.45) is 3.85. The van der Waals surface area contributed by atoms with Gasteiger partial charge >= 0.3 is 0 Å². The smallest absolute Gasteiger partial charge is 0.00950 e. The molecule has 2 aromatic carbocycles. The molecule has 3 rings (SSSR count). The predicted molar refractivity (Wildman–Crippen MR) is 81.8 cm³/mol. The topological polar surface area (TPSA) is 0 Å². The first-order chi connectivity index (χ1) is 9.27. The van der Waals surface area contributed by atoms with Crippen molar-refractivity contribution in [3.63, 3.8) is 0 Å². The summed E-state index contributed by atoms with van der Waals surface area (Å²) in [4.78, 5) is 0. The summed E-state index contributed by atoms with van der Waals surface area (Å²) in [5.74, 6) is 1.20. The molecule has 1 aliphatic rings. The van der Waals surface area contributed by atoms with Crippen molar-refractivity contribution in [3.05, 3.63) is 70.8 Å². The maximum Gasteiger partial charge on any atom is 0.00950 e. The van der Waals surface area contributed by atoms with Crippen LogP contribution in [0.4, 0.5) is 0 Å². The van der Waals surface area contributed by atoms with E-state index < -0.39 is 0 Å². The van der Waals surface area contributed by atoms with Gasteiger partial charge in [0.2, 0.25) is 0 Å². The Morgan fingerprint density at radius 3 is 2.37 bits per heavy atom. The predicted octanol–water partition coefficient (Wildman–Crippen LogP) is 5.28. The molecule has 0 N–H and O–H groups in total. The van der Waals surface area contributed by atoms with Gasteiger partial charge in [0.15, 0.2) is 0 Å². The molecule has 0 amide bonds. The molecule has 0 saturated heterocycles. The fourth-order valence-corrected chi connectivity index (χ4v) is 3.43. The molecule has 0 aliphatic heterocycles. The van der Waals surface area contributed by atoms with Crippen LogP contribution in [-0.4, -0.2) is 0 Å². The summed E-state index contributed by atoms with van der Waals surface area (Å²) >= 11 is 0. The van der Waals surface area contributed by atoms with Gasteiger partial charge in [0.05, 0.1) is 0 Å². The fourth-order valence-electron chi connectivity index (χ4n) is 3.43. The minimum Gasteiger partial charge on any atom is -0.0620 e. The molecule has 0 heterocycles. The number of hydrogen-bond donors (Lipinski definition) is 0. The molecule has 19 heavy (non-hydrogen) atoms. The van der Waals surface area contributed by atoms with Crippen molar-refractivity contribution in [2.45, 2.75) is 44.9 Å². The van der Waals surface area contributed by atoms with E-state index in [1.807, 2.05) is 0 Å². The van der Waals surface area contributed by atoms with Gasteiger partial charge in [-0.1, -0.05) is 62.4 Å². The lowest BCUT2D eigenvalue weighted by atomic mass is 9.76. The molecule has 0 aromatic heterocycles. The Kier molecular flexibility index (Phi) is 3.42. The second kappa shape index (κ2) is 5.21. The van der Waals surface area contributed by atoms with E-state index in [0.29, 0.717) is 11.8 Å². The van der Waals surface area contributed by atoms with E-state index in [9.17, 15) is 0 Å². The lowest BCUT2D eigenvalue weighted by Gasteiger charge is -2.28. The van der Waals surface area contributed by atoms with Gasteiger partial charge < -0.3 is 0 Å². The van der Waals surface area contributed by atoms with E-state index in [2.05, 4.69) is 62.4 Å². The molecule has 0 spiro atoms. The van der Waals surface area contributed by atoms with E-state index in [-0.39, 0.29) is 0 Å². The van der Waals surface area contributed by atoms with Crippen molar-refractivity contribution >= 4 is 0 Å². The van der Waals surface area contributed by atoms with Crippen LogP contribution in [-0.2, 0) is 6.42 Å². The second-order valence-corrected chi connectivity index (χ2v) is 5.93. The van der Waals surface area contributed by atoms with Gasteiger partial charge in [-0.15, -0.1) is 0 Å². The Morgan fingerprint density at radius 1 is 0.895 bits per heavy atom. The molecule has 0 heteroatoms. The van der Waals surface area contributed by atoms with Crippen LogP contribution in [0.5, 0.6) is 0 Å². The average molecular weight is 250 g/mol. The molecule has 0 fully saturated rings. The van der Waals surface area contributed by atoms with Crippen molar-refractivity contribution in [3.8, 4) is 0 Å². The Morgan fingerprint density at radius 2 is 1.58 bits per heavy atom. The van der Waals surface area contributed by atoms with Gasteiger partial charge in [-0.25, -0.2) is 0 Å². The van der Waals surface area contributed by atoms with Crippen molar-refractivity contribution in [2.75, 3.05) is 0 Å². The Bertz CT molecular complexity index is 566. The third-order valence-corrected chi connectivity index (χ3v) is 4.36. The summed E-state index contributed by atoms with van der Waals surface area (Å²) in [6, 6.07) is 18.0. The molecule has 0 radical (unpaired) electrons. The summed E-state index contributed by atoms with van der Waals surface area (Å²) in [5.41, 5.74) is 6.17. The van der Waals surface area contributed by atoms with Gasteiger partial charge in [0, 0.05) is 5.92 Å². The quantitative estimate of drug-likeness (QED) is 0.680. The normalized spacial score (nSPS) is 18.4. The highest BCUT2D eigenvalue weighted by molar-refractivity contribution is 5.43. The Balaban J connectivity index is 2.09. The molecule has 0 bridgehead atoms. The maximum atomic E-state index is 2.34. The van der Waals surface area contributed by atoms with Crippen LogP contribution in [0.25, 0.3) is 0 Å². The summed E-state index contributed by atoms with van der Waals surface area (Å²) in [6.45, 7) is 4.60. The van der Waals surface area contributed by atoms with E-state index in [4.69, 9.17) is 0 Å². The van der Waals surface area contributed by atoms with Crippen molar-refractivity contribution in [2.24, 2.45) is 0 Å². The van der Waals surface area contributed by atoms with Crippen LogP contribution >= 0.6 is 0 Å². The van der Waals surface area contributed by atoms with E-state index in [1.165, 1.54) is 24.8 Å². The van der Waals surface area contributed by atoms with Crippen LogP contribution in [0.1, 0.15) is 60.8 Å². The lowest BCUT2D eigenvalue weighted by molar-refractivity contribution is 0.608. The van der Waals surface area contributed by atoms with Gasteiger partial charge in [-0.3, -0.25) is 0 Å². The second-order valence-electron chi connectivity index (χ2n) is 5.93. The number of rotatable bonds is 2. The molecule has 0 saturated carbocycles. The number of aryl methyl sites for hydroxylation is 1. The van der Waals surface area contributed by atoms with Crippen molar-refractivity contribution < 1.29 is 0 Å². The van der Waals surface area contributed by atoms with Gasteiger partial charge in [0.1, 0.15) is 0 Å². The Hall–Kier alpha value is -1.56. The zero-order valence-corrected chi connectivity index (χ0v) is 11.9. The molecule has 2 aromatic rings. The van der Waals surface area contributed by atoms with E-state index in [1.54, 1.807) is 16.7 Å². The monoisotopic (exact) mass is 250 g/mol. The van der Waals surface area contributed by atoms with Crippen molar-refractivity contribution in [1.82, 2.24) is 0 Å². The molecular formula is C19H22. The third-order valence-electron chi connectivity index (χ3n) is 4.36. The van der Waals surface area contributed by atoms with Crippen molar-refractivity contribution in [1.29, 1.82) is 0 Å². The van der Waals surface area contributed by atoms with Crippen LogP contribution in [0.2, 0.25) is 0 Å². The first-order valence-corrected chi connectivity index (χ1v) is 7.44. The maximum absolute atomic E-state index is 2.34. The zero-order chi connectivity index (χ0) is 13.2. The minimum atomic E-state index is 0.601. The molecule has 1 aliphatic carbocycles. The SMILES string of the molecule is CC(C)c1ccccc1C1CCCc2ccccc21. The van der Waals surface area contributed by atoms with Crippen LogP contribution in [0, 0.1) is 0 Å². The third kappa shape index (κ3) is 2.32. The number of benzene rings is 2. The van der Waals surface area contributed by atoms with E-state index in [0.717, 1.165) is 0 Å². The average Bonchev–Trinajstić information content (AvgIpc) is 2.46. The van der Waals surface area contributed by atoms with Gasteiger partial charge in [-0.2, -0.15) is 0 Å². The summed E-state index contributed by atoms with van der Waals surface area (Å²) < 4.78 is 0. The highest BCUT2D eigenvalue weighted by Gasteiger charge is 2.23. The van der Waals surface area contributed by atoms with Crippen LogP contribution in [0.3, 0.4) is 0 Å². The van der Waals surface area contributed by atoms with Gasteiger partial charge in [-0.05, 0) is 47.4 Å². The largest absolute Gasteiger partial charge is 0.0620 e. The first-order valence-electron chi connectivity index (χ1n) is 7.44. The van der Waals surface area contributed by atoms with Gasteiger partial charge in [0.25, 0.3) is 0 Å². The highest BCUT2D eigenvalue weighted by atomic mass is 14.3. The zero-order valence-electron chi connectivity index (χ0n) is 11.9. The summed E-state index contributed by atoms with van der Waals surface area (Å²) in [7, 11) is 0. The Labute approximate surface area is 116 Å². The fraction of sp³-hybridized carbons (Fsp3) is 0.368. The first kappa shape index (κ1) is 12.5. The summed E-state index contributed by atoms with van der Waals surface area (Å²) in [5, 5.41) is 0. The van der Waals surface area contributed by atoms with Crippen LogP contribution in [0.15, 0.2) is 48.5 Å². The molecule has 98 valence electrons. The van der Waals surface area contributed by atoms with Crippen LogP contribution < -0.4 is 0 Å². The number of fused-ring (bicyclic) bond motifs is 1. The molecule has 0 nitrogen and oxygen atoms in total. The lowest BCUT2D eigenvalue weighted by Crippen LogP contribution is -2.13. The molecular weight excluding hydrogens is 228 g/mol. The molecule has 1 atom stereocenters. The highest BCUT2D eigenvalue weighted by Crippen LogP contribution is 2.39. The van der Waals surface area contributed by atoms with E-state index >= 15 is 0 Å². The standard InChI is InChI=1S/C19H22/c1-14(2)16-10-5-6-12-18(16)19-13-7-9-15-8-3-4-11-17(15)19/h3-6,8,10-12,14,19H,7,9,13H2,1-2H3. The number of hydrogen-bond acceptors (Lipinski definition) is 0. The molecule has 1 unspecified atom stereocenters.